The van der Waals surface area contributed by atoms with Crippen molar-refractivity contribution in [1.82, 2.24) is 20.2 Å². The maximum absolute atomic E-state index is 11.0. The minimum atomic E-state index is 0.177. The van der Waals surface area contributed by atoms with Gasteiger partial charge >= 0.3 is 0 Å². The molecule has 2 rings (SSSR count). The monoisotopic (exact) mass is 222 g/mol. The Morgan fingerprint density at radius 2 is 2.56 bits per heavy atom. The van der Waals surface area contributed by atoms with E-state index in [1.165, 1.54) is 0 Å². The Kier molecular flexibility index (Phi) is 3.56. The fraction of sp³-hybridized carbons (Fsp3) is 0.636. The number of hydrogen-bond donors (Lipinski definition) is 2. The van der Waals surface area contributed by atoms with Crippen LogP contribution < -0.4 is 10.6 Å². The Bertz CT molecular complexity index is 361. The number of nitrogens with one attached hydrogen (secondary N) is 2. The third-order valence-electron chi connectivity index (χ3n) is 2.92. The third kappa shape index (κ3) is 2.82. The van der Waals surface area contributed by atoms with E-state index < -0.39 is 0 Å². The Morgan fingerprint density at radius 3 is 3.19 bits per heavy atom. The van der Waals surface area contributed by atoms with Crippen LogP contribution in [0.1, 0.15) is 18.7 Å². The molecule has 1 aliphatic heterocycles. The van der Waals surface area contributed by atoms with Gasteiger partial charge < -0.3 is 15.2 Å². The highest BCUT2D eigenvalue weighted by atomic mass is 16.1. The molecule has 5 heteroatoms. The zero-order chi connectivity index (χ0) is 11.4. The van der Waals surface area contributed by atoms with E-state index in [4.69, 9.17) is 0 Å². The number of rotatable bonds is 5. The molecule has 0 aliphatic carbocycles. The number of aryl methyl sites for hydroxylation is 1. The molecule has 1 aromatic heterocycles. The average molecular weight is 222 g/mol. The summed E-state index contributed by atoms with van der Waals surface area (Å²) in [4.78, 5) is 15.2. The lowest BCUT2D eigenvalue weighted by Crippen LogP contribution is -2.36. The van der Waals surface area contributed by atoms with Crippen LogP contribution in [0.2, 0.25) is 0 Å². The van der Waals surface area contributed by atoms with Gasteiger partial charge in [-0.15, -0.1) is 0 Å². The molecule has 2 heterocycles. The molecular formula is C11H18N4O. The molecule has 0 aromatic carbocycles. The molecule has 0 radical (unpaired) electrons. The van der Waals surface area contributed by atoms with Crippen LogP contribution in [0.15, 0.2) is 12.4 Å². The van der Waals surface area contributed by atoms with Crippen LogP contribution in [-0.2, 0) is 18.3 Å². The Balaban J connectivity index is 1.62. The van der Waals surface area contributed by atoms with Crippen LogP contribution in [0.4, 0.5) is 0 Å². The molecule has 1 fully saturated rings. The minimum Gasteiger partial charge on any atom is -0.352 e. The van der Waals surface area contributed by atoms with E-state index in [1.54, 1.807) is 0 Å². The topological polar surface area (TPSA) is 59.0 Å². The molecule has 1 saturated heterocycles. The van der Waals surface area contributed by atoms with Gasteiger partial charge in [0.25, 0.3) is 0 Å². The van der Waals surface area contributed by atoms with Gasteiger partial charge in [0.05, 0.1) is 0 Å². The van der Waals surface area contributed by atoms with E-state index >= 15 is 0 Å². The van der Waals surface area contributed by atoms with E-state index in [0.717, 1.165) is 31.8 Å². The van der Waals surface area contributed by atoms with Crippen LogP contribution in [0.3, 0.4) is 0 Å². The second kappa shape index (κ2) is 5.12. The lowest BCUT2D eigenvalue weighted by molar-refractivity contribution is -0.119. The molecule has 1 amide bonds. The number of carbonyl (C=O) groups excluding carboxylic acids is 1. The third-order valence-corrected chi connectivity index (χ3v) is 2.92. The SMILES string of the molecule is Cn1ccnc1CCNCC1CCC(=O)N1. The minimum absolute atomic E-state index is 0.177. The Labute approximate surface area is 95.2 Å². The molecule has 1 aliphatic rings. The van der Waals surface area contributed by atoms with Gasteiger partial charge in [-0.3, -0.25) is 4.79 Å². The van der Waals surface area contributed by atoms with Gasteiger partial charge in [-0.2, -0.15) is 0 Å². The normalized spacial score (nSPS) is 20.1. The van der Waals surface area contributed by atoms with Gasteiger partial charge in [-0.1, -0.05) is 0 Å². The summed E-state index contributed by atoms with van der Waals surface area (Å²) in [6.45, 7) is 1.76. The molecule has 88 valence electrons. The van der Waals surface area contributed by atoms with Crippen LogP contribution in [-0.4, -0.2) is 34.6 Å². The van der Waals surface area contributed by atoms with Crippen molar-refractivity contribution < 1.29 is 4.79 Å². The van der Waals surface area contributed by atoms with Crippen molar-refractivity contribution in [1.29, 1.82) is 0 Å². The first-order chi connectivity index (χ1) is 7.75. The Morgan fingerprint density at radius 1 is 1.69 bits per heavy atom. The fourth-order valence-electron chi connectivity index (χ4n) is 1.94. The van der Waals surface area contributed by atoms with Crippen molar-refractivity contribution >= 4 is 5.91 Å². The summed E-state index contributed by atoms with van der Waals surface area (Å²) in [5.74, 6) is 1.26. The highest BCUT2D eigenvalue weighted by molar-refractivity contribution is 5.78. The predicted octanol–water partition coefficient (Wildman–Crippen LogP) is -0.169. The van der Waals surface area contributed by atoms with Crippen LogP contribution >= 0.6 is 0 Å². The van der Waals surface area contributed by atoms with Gasteiger partial charge in [0.15, 0.2) is 0 Å². The molecule has 0 spiro atoms. The van der Waals surface area contributed by atoms with E-state index in [0.29, 0.717) is 12.5 Å². The van der Waals surface area contributed by atoms with Crippen LogP contribution in [0, 0.1) is 0 Å². The summed E-state index contributed by atoms with van der Waals surface area (Å²) in [6.07, 6.45) is 6.31. The molecule has 16 heavy (non-hydrogen) atoms. The number of carbonyl (C=O) groups is 1. The number of imidazole rings is 1. The number of amides is 1. The van der Waals surface area contributed by atoms with E-state index in [2.05, 4.69) is 15.6 Å². The smallest absolute Gasteiger partial charge is 0.220 e. The van der Waals surface area contributed by atoms with Gasteiger partial charge in [-0.05, 0) is 6.42 Å². The van der Waals surface area contributed by atoms with Gasteiger partial charge in [0, 0.05) is 51.4 Å². The molecule has 5 nitrogen and oxygen atoms in total. The molecule has 1 aromatic rings. The van der Waals surface area contributed by atoms with Gasteiger partial charge in [0.1, 0.15) is 5.82 Å². The first-order valence-corrected chi connectivity index (χ1v) is 5.72. The lowest BCUT2D eigenvalue weighted by atomic mass is 10.2. The Hall–Kier alpha value is -1.36. The summed E-state index contributed by atoms with van der Waals surface area (Å²) in [5.41, 5.74) is 0. The summed E-state index contributed by atoms with van der Waals surface area (Å²) < 4.78 is 2.03. The lowest BCUT2D eigenvalue weighted by Gasteiger charge is -2.10. The maximum Gasteiger partial charge on any atom is 0.220 e. The summed E-state index contributed by atoms with van der Waals surface area (Å²) in [6, 6.07) is 0.314. The summed E-state index contributed by atoms with van der Waals surface area (Å²) in [7, 11) is 2.00. The van der Waals surface area contributed by atoms with Gasteiger partial charge in [0.2, 0.25) is 5.91 Å². The van der Waals surface area contributed by atoms with E-state index in [-0.39, 0.29) is 5.91 Å². The van der Waals surface area contributed by atoms with Crippen molar-refractivity contribution in [2.75, 3.05) is 13.1 Å². The maximum atomic E-state index is 11.0. The first kappa shape index (κ1) is 11.1. The molecule has 2 N–H and O–H groups in total. The molecule has 0 saturated carbocycles. The number of aromatic nitrogens is 2. The number of nitrogens with zero attached hydrogens (tertiary/aromatic N) is 2. The highest BCUT2D eigenvalue weighted by Crippen LogP contribution is 2.04. The van der Waals surface area contributed by atoms with Crippen molar-refractivity contribution in [2.24, 2.45) is 7.05 Å². The second-order valence-electron chi connectivity index (χ2n) is 4.21. The molecule has 0 bridgehead atoms. The fourth-order valence-corrected chi connectivity index (χ4v) is 1.94. The zero-order valence-corrected chi connectivity index (χ0v) is 9.57. The van der Waals surface area contributed by atoms with Crippen LogP contribution in [0.5, 0.6) is 0 Å². The van der Waals surface area contributed by atoms with Crippen LogP contribution in [0.25, 0.3) is 0 Å². The van der Waals surface area contributed by atoms with Crippen molar-refractivity contribution in [3.05, 3.63) is 18.2 Å². The van der Waals surface area contributed by atoms with Crippen molar-refractivity contribution in [3.8, 4) is 0 Å². The van der Waals surface area contributed by atoms with Crippen molar-refractivity contribution in [2.45, 2.75) is 25.3 Å². The molecule has 1 atom stereocenters. The summed E-state index contributed by atoms with van der Waals surface area (Å²) in [5, 5.41) is 6.28. The quantitative estimate of drug-likeness (QED) is 0.680. The average Bonchev–Trinajstić information content (AvgIpc) is 2.83. The predicted molar refractivity (Wildman–Crippen MR) is 60.9 cm³/mol. The number of hydrogen-bond acceptors (Lipinski definition) is 3. The molecular weight excluding hydrogens is 204 g/mol. The zero-order valence-electron chi connectivity index (χ0n) is 9.57. The summed E-state index contributed by atoms with van der Waals surface area (Å²) >= 11 is 0. The van der Waals surface area contributed by atoms with Crippen molar-refractivity contribution in [3.63, 3.8) is 0 Å². The second-order valence-corrected chi connectivity index (χ2v) is 4.21. The highest BCUT2D eigenvalue weighted by Gasteiger charge is 2.19. The van der Waals surface area contributed by atoms with E-state index in [1.807, 2.05) is 24.0 Å². The molecule has 1 unspecified atom stereocenters. The van der Waals surface area contributed by atoms with Gasteiger partial charge in [-0.25, -0.2) is 4.98 Å². The largest absolute Gasteiger partial charge is 0.352 e. The first-order valence-electron chi connectivity index (χ1n) is 5.72. The standard InChI is InChI=1S/C11H18N4O/c1-15-7-6-13-10(15)4-5-12-8-9-2-3-11(16)14-9/h6-7,9,12H,2-5,8H2,1H3,(H,14,16). The van der Waals surface area contributed by atoms with E-state index in [9.17, 15) is 4.79 Å².